The Morgan fingerprint density at radius 3 is 1.17 bits per heavy atom. The Labute approximate surface area is 146 Å². The summed E-state index contributed by atoms with van der Waals surface area (Å²) in [6, 6.07) is 16.5. The van der Waals surface area contributed by atoms with E-state index >= 15 is 0 Å². The molecule has 0 N–H and O–H groups in total. The van der Waals surface area contributed by atoms with Crippen molar-refractivity contribution in [1.29, 1.82) is 0 Å². The molecule has 18 heavy (non-hydrogen) atoms. The first-order chi connectivity index (χ1) is 7.20. The van der Waals surface area contributed by atoms with Crippen LogP contribution in [-0.2, 0) is 26.2 Å². The fraction of sp³-hybridized carbons (Fsp3) is 0.286. The molecule has 0 spiro atoms. The molecule has 0 fully saturated rings. The van der Waals surface area contributed by atoms with Gasteiger partial charge in [0.1, 0.15) is 0 Å². The van der Waals surface area contributed by atoms with Gasteiger partial charge in [-0.25, -0.2) is 24.3 Å². The Balaban J connectivity index is -0.0000000793. The molecule has 2 rings (SSSR count). The van der Waals surface area contributed by atoms with Crippen molar-refractivity contribution < 1.29 is 51.0 Å². The number of rotatable bonds is 0. The first-order valence-corrected chi connectivity index (χ1v) is 7.62. The van der Waals surface area contributed by atoms with E-state index in [0.717, 1.165) is 9.52 Å². The van der Waals surface area contributed by atoms with Crippen molar-refractivity contribution in [2.75, 3.05) is 0 Å². The summed E-state index contributed by atoms with van der Waals surface area (Å²) in [5, 5.41) is 0. The summed E-state index contributed by atoms with van der Waals surface area (Å²) in [6.45, 7) is 8.58. The summed E-state index contributed by atoms with van der Waals surface area (Å²) in [4.78, 5) is 0. The molecule has 4 heteroatoms. The van der Waals surface area contributed by atoms with Crippen molar-refractivity contribution in [3.05, 3.63) is 59.7 Å². The molecule has 0 bridgehead atoms. The monoisotopic (exact) mass is 377 g/mol. The van der Waals surface area contributed by atoms with Crippen LogP contribution in [0.4, 0.5) is 0 Å². The molecular formula is C14H21Cl2SiZr. The Bertz CT molecular complexity index is 272. The zero-order chi connectivity index (χ0) is 11.5. The number of hydrogen-bond acceptors (Lipinski definition) is 0. The summed E-state index contributed by atoms with van der Waals surface area (Å²) in [5.41, 5.74) is 2.69. The molecule has 0 aliphatic carbocycles. The molecule has 0 saturated carbocycles. The van der Waals surface area contributed by atoms with Gasteiger partial charge in [0.15, 0.2) is 0 Å². The maximum Gasteiger partial charge on any atom is 4.00 e. The van der Waals surface area contributed by atoms with Gasteiger partial charge in [-0.15, -0.1) is 0 Å². The van der Waals surface area contributed by atoms with Gasteiger partial charge < -0.3 is 24.8 Å². The van der Waals surface area contributed by atoms with Crippen LogP contribution in [0.2, 0.25) is 13.1 Å². The molecule has 0 aliphatic rings. The smallest absolute Gasteiger partial charge is 1.00 e. The molecule has 0 nitrogen and oxygen atoms in total. The van der Waals surface area contributed by atoms with Gasteiger partial charge in [0.2, 0.25) is 0 Å². The maximum atomic E-state index is 2.21. The quantitative estimate of drug-likeness (QED) is 0.365. The van der Waals surface area contributed by atoms with E-state index in [0.29, 0.717) is 0 Å². The van der Waals surface area contributed by atoms with Crippen molar-refractivity contribution in [2.24, 2.45) is 0 Å². The first-order valence-electron chi connectivity index (χ1n) is 5.31. The van der Waals surface area contributed by atoms with Crippen LogP contribution in [-0.4, -0.2) is 9.52 Å². The van der Waals surface area contributed by atoms with E-state index in [2.05, 4.69) is 51.2 Å². The Morgan fingerprint density at radius 2 is 1.11 bits per heavy atom. The first kappa shape index (κ1) is 26.8. The fourth-order valence-electron chi connectivity index (χ4n) is 0.940. The van der Waals surface area contributed by atoms with E-state index in [-0.39, 0.29) is 51.0 Å². The summed E-state index contributed by atoms with van der Waals surface area (Å²) < 4.78 is 0. The second-order valence-electron chi connectivity index (χ2n) is 3.50. The van der Waals surface area contributed by atoms with E-state index in [1.54, 1.807) is 0 Å². The van der Waals surface area contributed by atoms with Crippen molar-refractivity contribution in [2.45, 2.75) is 26.9 Å². The molecular weight excluding hydrogens is 358 g/mol. The van der Waals surface area contributed by atoms with E-state index in [9.17, 15) is 0 Å². The van der Waals surface area contributed by atoms with Gasteiger partial charge in [-0.1, -0.05) is 26.9 Å². The largest absolute Gasteiger partial charge is 4.00 e. The zero-order valence-electron chi connectivity index (χ0n) is 11.5. The molecule has 2 aromatic rings. The molecule has 0 aromatic heterocycles. The van der Waals surface area contributed by atoms with Crippen molar-refractivity contribution >= 4 is 9.52 Å². The van der Waals surface area contributed by atoms with Gasteiger partial charge >= 0.3 is 26.2 Å². The zero-order valence-corrected chi connectivity index (χ0v) is 16.6. The third-order valence-corrected chi connectivity index (χ3v) is 1.66. The number of aryl methyl sites for hydroxylation is 2. The van der Waals surface area contributed by atoms with Gasteiger partial charge in [0.05, 0.1) is 0 Å². The second kappa shape index (κ2) is 19.7. The maximum absolute atomic E-state index is 2.21. The summed E-state index contributed by atoms with van der Waals surface area (Å²) in [6.07, 6.45) is 0. The molecule has 2 aromatic carbocycles. The van der Waals surface area contributed by atoms with Crippen LogP contribution >= 0.6 is 0 Å². The van der Waals surface area contributed by atoms with Crippen LogP contribution in [0, 0.1) is 13.8 Å². The van der Waals surface area contributed by atoms with E-state index in [1.165, 1.54) is 11.1 Å². The van der Waals surface area contributed by atoms with Crippen molar-refractivity contribution in [3.63, 3.8) is 0 Å². The van der Waals surface area contributed by atoms with Crippen molar-refractivity contribution in [3.8, 4) is 0 Å². The van der Waals surface area contributed by atoms with Gasteiger partial charge in [-0.3, -0.25) is 0 Å². The molecule has 99 valence electrons. The summed E-state index contributed by atoms with van der Waals surface area (Å²) >= 11 is 0. The normalized spacial score (nSPS) is 6.89. The molecule has 0 unspecified atom stereocenters. The Hall–Kier alpha value is 0.380. The SMILES string of the molecule is C[SiH]C.Cc1ccc[cH-]1.Cc1ccc[cH-]1.[Cl-].[Cl-].[Zr+4]. The third-order valence-electron chi connectivity index (χ3n) is 1.66. The van der Waals surface area contributed by atoms with E-state index in [4.69, 9.17) is 0 Å². The van der Waals surface area contributed by atoms with Gasteiger partial charge in [0.25, 0.3) is 0 Å². The van der Waals surface area contributed by atoms with Crippen LogP contribution in [0.1, 0.15) is 11.1 Å². The topological polar surface area (TPSA) is 0 Å². The molecule has 1 radical (unpaired) electrons. The van der Waals surface area contributed by atoms with Crippen LogP contribution in [0.3, 0.4) is 0 Å². The predicted molar refractivity (Wildman–Crippen MR) is 72.4 cm³/mol. The van der Waals surface area contributed by atoms with Gasteiger partial charge in [-0.2, -0.15) is 35.4 Å². The minimum atomic E-state index is 0. The number of hydrogen-bond donors (Lipinski definition) is 0. The average molecular weight is 380 g/mol. The van der Waals surface area contributed by atoms with Crippen LogP contribution < -0.4 is 24.8 Å². The van der Waals surface area contributed by atoms with Crippen LogP contribution in [0.25, 0.3) is 0 Å². The van der Waals surface area contributed by atoms with Crippen LogP contribution in [0.5, 0.6) is 0 Å². The molecule has 0 heterocycles. The average Bonchev–Trinajstić information content (AvgIpc) is 2.81. The second-order valence-corrected chi connectivity index (χ2v) is 4.66. The van der Waals surface area contributed by atoms with Crippen LogP contribution in [0.15, 0.2) is 48.5 Å². The molecule has 0 saturated heterocycles. The number of halogens is 2. The third kappa shape index (κ3) is 18.7. The van der Waals surface area contributed by atoms with E-state index < -0.39 is 0 Å². The van der Waals surface area contributed by atoms with Gasteiger partial charge in [0, 0.05) is 9.52 Å². The summed E-state index contributed by atoms with van der Waals surface area (Å²) in [7, 11) is 0.750. The molecule has 0 aliphatic heterocycles. The minimum Gasteiger partial charge on any atom is -1.00 e. The van der Waals surface area contributed by atoms with Crippen molar-refractivity contribution in [1.82, 2.24) is 0 Å². The fourth-order valence-corrected chi connectivity index (χ4v) is 0.940. The Morgan fingerprint density at radius 1 is 0.833 bits per heavy atom. The van der Waals surface area contributed by atoms with Gasteiger partial charge in [-0.05, 0) is 0 Å². The summed E-state index contributed by atoms with van der Waals surface area (Å²) in [5.74, 6) is 0. The predicted octanol–water partition coefficient (Wildman–Crippen LogP) is -2.05. The standard InChI is InChI=1S/2C6H7.C2H7Si.2ClH.Zr/c2*1-6-4-2-3-5-6;1-3-2;;;/h2*2-5H,1H3;3H,1-2H3;2*1H;/q2*-1;;;;+4/p-2. The molecule has 0 amide bonds. The molecule has 0 atom stereocenters. The van der Waals surface area contributed by atoms with E-state index in [1.807, 2.05) is 24.3 Å². The Kier molecular flexibility index (Phi) is 29.4. The minimum absolute atomic E-state index is 0.